The van der Waals surface area contributed by atoms with Crippen molar-refractivity contribution in [3.8, 4) is 0 Å². The van der Waals surface area contributed by atoms with E-state index >= 15 is 0 Å². The number of likely N-dealkylation sites (tertiary alicyclic amines) is 1. The minimum Gasteiger partial charge on any atom is -0.444 e. The van der Waals surface area contributed by atoms with Gasteiger partial charge in [-0.05, 0) is 78.3 Å². The molecule has 2 saturated heterocycles. The Morgan fingerprint density at radius 2 is 1.86 bits per heavy atom. The van der Waals surface area contributed by atoms with Crippen LogP contribution in [0.15, 0.2) is 0 Å². The molecule has 0 aromatic rings. The summed E-state index contributed by atoms with van der Waals surface area (Å²) in [5.74, 6) is 0.623. The highest BCUT2D eigenvalue weighted by atomic mass is 16.6. The minimum atomic E-state index is -0.465. The molecule has 2 heterocycles. The molecule has 2 fully saturated rings. The zero-order valence-electron chi connectivity index (χ0n) is 14.4. The van der Waals surface area contributed by atoms with Crippen molar-refractivity contribution < 1.29 is 14.6 Å². The number of aliphatic hydroxyl groups is 1. The standard InChI is InChI=1S/C17H32N2O3/c1-16(2,3)22-15(20)19-12-5-14(6-13-19)4-7-17(21)8-10-18-11-9-17/h14,18,21H,4-13H2,1-3H3. The smallest absolute Gasteiger partial charge is 0.410 e. The van der Waals surface area contributed by atoms with Gasteiger partial charge in [0, 0.05) is 13.1 Å². The van der Waals surface area contributed by atoms with Crippen molar-refractivity contribution in [3.05, 3.63) is 0 Å². The van der Waals surface area contributed by atoms with Crippen LogP contribution >= 0.6 is 0 Å². The summed E-state index contributed by atoms with van der Waals surface area (Å²) in [5, 5.41) is 13.8. The number of rotatable bonds is 3. The van der Waals surface area contributed by atoms with Gasteiger partial charge in [0.05, 0.1) is 5.60 Å². The first-order valence-electron chi connectivity index (χ1n) is 8.68. The normalized spacial score (nSPS) is 23.4. The van der Waals surface area contributed by atoms with Gasteiger partial charge in [-0.15, -0.1) is 0 Å². The third-order valence-corrected chi connectivity index (χ3v) is 4.82. The van der Waals surface area contributed by atoms with E-state index in [0.717, 1.165) is 64.7 Å². The summed E-state index contributed by atoms with van der Waals surface area (Å²) < 4.78 is 5.42. The van der Waals surface area contributed by atoms with Crippen LogP contribution in [0.4, 0.5) is 4.79 Å². The highest BCUT2D eigenvalue weighted by Gasteiger charge is 2.31. The Morgan fingerprint density at radius 1 is 1.27 bits per heavy atom. The van der Waals surface area contributed by atoms with Crippen molar-refractivity contribution in [2.24, 2.45) is 5.92 Å². The molecule has 0 aromatic heterocycles. The molecule has 2 N–H and O–H groups in total. The Kier molecular flexibility index (Phi) is 5.72. The lowest BCUT2D eigenvalue weighted by Crippen LogP contribution is -2.43. The van der Waals surface area contributed by atoms with E-state index in [0.29, 0.717) is 5.92 Å². The molecule has 128 valence electrons. The van der Waals surface area contributed by atoms with E-state index in [9.17, 15) is 9.90 Å². The molecule has 0 aliphatic carbocycles. The predicted molar refractivity (Wildman–Crippen MR) is 86.8 cm³/mol. The number of hydrogen-bond donors (Lipinski definition) is 2. The molecule has 0 unspecified atom stereocenters. The fourth-order valence-corrected chi connectivity index (χ4v) is 3.35. The zero-order valence-corrected chi connectivity index (χ0v) is 14.4. The maximum Gasteiger partial charge on any atom is 0.410 e. The van der Waals surface area contributed by atoms with Crippen molar-refractivity contribution in [1.82, 2.24) is 10.2 Å². The first-order chi connectivity index (χ1) is 10.3. The first-order valence-corrected chi connectivity index (χ1v) is 8.68. The number of amides is 1. The molecular formula is C17H32N2O3. The number of hydrogen-bond acceptors (Lipinski definition) is 4. The second-order valence-electron chi connectivity index (χ2n) is 7.92. The highest BCUT2D eigenvalue weighted by Crippen LogP contribution is 2.30. The lowest BCUT2D eigenvalue weighted by Gasteiger charge is -2.36. The topological polar surface area (TPSA) is 61.8 Å². The molecule has 5 heteroatoms. The molecule has 0 atom stereocenters. The summed E-state index contributed by atoms with van der Waals surface area (Å²) >= 11 is 0. The zero-order chi connectivity index (χ0) is 16.2. The summed E-state index contributed by atoms with van der Waals surface area (Å²) in [4.78, 5) is 13.9. The molecule has 22 heavy (non-hydrogen) atoms. The van der Waals surface area contributed by atoms with Crippen LogP contribution in [-0.2, 0) is 4.74 Å². The maximum absolute atomic E-state index is 12.0. The minimum absolute atomic E-state index is 0.192. The van der Waals surface area contributed by atoms with Crippen LogP contribution in [0, 0.1) is 5.92 Å². The Bertz CT molecular complexity index is 365. The Hall–Kier alpha value is -0.810. The van der Waals surface area contributed by atoms with Gasteiger partial charge in [-0.2, -0.15) is 0 Å². The van der Waals surface area contributed by atoms with Crippen LogP contribution in [-0.4, -0.2) is 53.5 Å². The molecule has 1 amide bonds. The first kappa shape index (κ1) is 17.5. The van der Waals surface area contributed by atoms with Crippen LogP contribution in [0.25, 0.3) is 0 Å². The van der Waals surface area contributed by atoms with Crippen LogP contribution in [0.3, 0.4) is 0 Å². The van der Waals surface area contributed by atoms with Gasteiger partial charge in [-0.1, -0.05) is 0 Å². The summed E-state index contributed by atoms with van der Waals surface area (Å²) in [5.41, 5.74) is -0.889. The third kappa shape index (κ3) is 5.43. The molecule has 0 saturated carbocycles. The summed E-state index contributed by atoms with van der Waals surface area (Å²) in [6, 6.07) is 0. The van der Waals surface area contributed by atoms with E-state index in [1.807, 2.05) is 25.7 Å². The number of nitrogens with one attached hydrogen (secondary N) is 1. The summed E-state index contributed by atoms with van der Waals surface area (Å²) in [6.45, 7) is 9.10. The van der Waals surface area contributed by atoms with Crippen molar-refractivity contribution in [2.45, 2.75) is 70.5 Å². The second-order valence-corrected chi connectivity index (χ2v) is 7.92. The number of piperidine rings is 2. The number of carbonyl (C=O) groups excluding carboxylic acids is 1. The maximum atomic E-state index is 12.0. The van der Waals surface area contributed by atoms with Gasteiger partial charge in [-0.3, -0.25) is 0 Å². The van der Waals surface area contributed by atoms with Gasteiger partial charge in [0.25, 0.3) is 0 Å². The molecule has 5 nitrogen and oxygen atoms in total. The number of ether oxygens (including phenoxy) is 1. The molecule has 0 bridgehead atoms. The van der Waals surface area contributed by atoms with Crippen LogP contribution in [0.5, 0.6) is 0 Å². The Balaban J connectivity index is 1.70. The molecule has 0 aromatic carbocycles. The molecule has 2 aliphatic rings. The monoisotopic (exact) mass is 312 g/mol. The molecular weight excluding hydrogens is 280 g/mol. The van der Waals surface area contributed by atoms with E-state index < -0.39 is 11.2 Å². The molecule has 2 rings (SSSR count). The molecule has 2 aliphatic heterocycles. The van der Waals surface area contributed by atoms with E-state index in [-0.39, 0.29) is 6.09 Å². The van der Waals surface area contributed by atoms with Gasteiger partial charge in [0.1, 0.15) is 5.60 Å². The lowest BCUT2D eigenvalue weighted by molar-refractivity contribution is -0.00777. The van der Waals surface area contributed by atoms with Crippen molar-refractivity contribution in [3.63, 3.8) is 0 Å². The summed E-state index contributed by atoms with van der Waals surface area (Å²) in [7, 11) is 0. The van der Waals surface area contributed by atoms with Gasteiger partial charge in [-0.25, -0.2) is 4.79 Å². The van der Waals surface area contributed by atoms with Gasteiger partial charge in [0.2, 0.25) is 0 Å². The van der Waals surface area contributed by atoms with Crippen LogP contribution in [0.2, 0.25) is 0 Å². The van der Waals surface area contributed by atoms with Crippen LogP contribution in [0.1, 0.15) is 59.3 Å². The number of nitrogens with zero attached hydrogens (tertiary/aromatic N) is 1. The highest BCUT2D eigenvalue weighted by molar-refractivity contribution is 5.68. The average molecular weight is 312 g/mol. The second kappa shape index (κ2) is 7.18. The van der Waals surface area contributed by atoms with E-state index in [1.54, 1.807) is 0 Å². The van der Waals surface area contributed by atoms with Crippen molar-refractivity contribution in [2.75, 3.05) is 26.2 Å². The van der Waals surface area contributed by atoms with Crippen LogP contribution < -0.4 is 5.32 Å². The average Bonchev–Trinajstić information content (AvgIpc) is 2.45. The molecule has 0 spiro atoms. The van der Waals surface area contributed by atoms with E-state index in [2.05, 4.69) is 5.32 Å². The summed E-state index contributed by atoms with van der Waals surface area (Å²) in [6.07, 6.45) is 5.54. The third-order valence-electron chi connectivity index (χ3n) is 4.82. The quantitative estimate of drug-likeness (QED) is 0.840. The van der Waals surface area contributed by atoms with Crippen molar-refractivity contribution in [1.29, 1.82) is 0 Å². The van der Waals surface area contributed by atoms with Crippen molar-refractivity contribution >= 4 is 6.09 Å². The van der Waals surface area contributed by atoms with Gasteiger partial charge >= 0.3 is 6.09 Å². The predicted octanol–water partition coefficient (Wildman–Crippen LogP) is 2.53. The fraction of sp³-hybridized carbons (Fsp3) is 0.941. The van der Waals surface area contributed by atoms with E-state index in [4.69, 9.17) is 4.74 Å². The Morgan fingerprint density at radius 3 is 2.41 bits per heavy atom. The fourth-order valence-electron chi connectivity index (χ4n) is 3.35. The van der Waals surface area contributed by atoms with Gasteiger partial charge in [0.15, 0.2) is 0 Å². The van der Waals surface area contributed by atoms with Gasteiger partial charge < -0.3 is 20.1 Å². The Labute approximate surface area is 134 Å². The lowest BCUT2D eigenvalue weighted by atomic mass is 9.82. The van der Waals surface area contributed by atoms with E-state index in [1.165, 1.54) is 0 Å². The largest absolute Gasteiger partial charge is 0.444 e. The molecule has 0 radical (unpaired) electrons. The SMILES string of the molecule is CC(C)(C)OC(=O)N1CCC(CCC2(O)CCNCC2)CC1. The number of carbonyl (C=O) groups is 1.